The Morgan fingerprint density at radius 1 is 0.737 bits per heavy atom. The summed E-state index contributed by atoms with van der Waals surface area (Å²) in [6, 6.07) is 21.7. The van der Waals surface area contributed by atoms with Gasteiger partial charge in [0.2, 0.25) is 0 Å². The van der Waals surface area contributed by atoms with Gasteiger partial charge >= 0.3 is 126 Å². The first-order valence-corrected chi connectivity index (χ1v) is 7.03. The molecule has 0 N–H and O–H groups in total. The summed E-state index contributed by atoms with van der Waals surface area (Å²) in [5.41, 5.74) is 3.09. The summed E-state index contributed by atoms with van der Waals surface area (Å²) in [5.74, 6) is 0. The molecule has 1 heteroatoms. The number of rotatable bonds is 3. The van der Waals surface area contributed by atoms with Crippen molar-refractivity contribution in [1.29, 1.82) is 0 Å². The van der Waals surface area contributed by atoms with Gasteiger partial charge in [0.25, 0.3) is 0 Å². The van der Waals surface area contributed by atoms with E-state index >= 15 is 0 Å². The molecule has 0 aliphatic heterocycles. The van der Waals surface area contributed by atoms with E-state index in [2.05, 4.69) is 99.1 Å². The van der Waals surface area contributed by atoms with Gasteiger partial charge in [0.15, 0.2) is 0 Å². The zero-order valence-electron chi connectivity index (χ0n) is 12.5. The van der Waals surface area contributed by atoms with E-state index in [0.717, 1.165) is 6.42 Å². The molecule has 0 spiro atoms. The average molecular weight is 244 g/mol. The molecule has 0 saturated heterocycles. The summed E-state index contributed by atoms with van der Waals surface area (Å²) < 4.78 is 0.0702. The Morgan fingerprint density at radius 3 is 1.42 bits per heavy atom. The quantitative estimate of drug-likeness (QED) is 0.696. The van der Waals surface area contributed by atoms with Crippen LogP contribution in [0, 0.1) is 5.41 Å². The van der Waals surface area contributed by atoms with E-state index in [1.54, 1.807) is 0 Å². The minimum atomic E-state index is 0.0702. The molecular weight excluding hydrogens is 223 g/mol. The van der Waals surface area contributed by atoms with E-state index in [9.17, 15) is 0 Å². The van der Waals surface area contributed by atoms with Crippen LogP contribution in [0.2, 0.25) is 0 Å². The van der Waals surface area contributed by atoms with Crippen LogP contribution < -0.4 is 0 Å². The number of benzene rings is 2. The molecule has 2 aromatic rings. The fraction of sp³-hybridized carbons (Fsp3) is 0.333. The average Bonchev–Trinajstić information content (AvgIpc) is 2.39. The molecule has 0 aromatic heterocycles. The molecule has 0 unspecified atom stereocenters. The molecule has 0 radical (unpaired) electrons. The van der Waals surface area contributed by atoms with Crippen LogP contribution in [0.3, 0.4) is 0 Å². The molecule has 0 aliphatic rings. The monoisotopic (exact) mass is 244 g/mol. The van der Waals surface area contributed by atoms with Gasteiger partial charge in [-0.05, 0) is 0 Å². The van der Waals surface area contributed by atoms with Gasteiger partial charge in [-0.1, -0.05) is 0 Å². The van der Waals surface area contributed by atoms with Crippen molar-refractivity contribution in [3.63, 3.8) is 0 Å². The van der Waals surface area contributed by atoms with Crippen molar-refractivity contribution in [2.24, 2.45) is 5.41 Å². The third-order valence-corrected chi connectivity index (χ3v) is 3.71. The van der Waals surface area contributed by atoms with Crippen molar-refractivity contribution < 1.29 is 0 Å². The van der Waals surface area contributed by atoms with Crippen LogP contribution in [0.15, 0.2) is 60.7 Å². The molecule has 2 aromatic carbocycles. The van der Waals surface area contributed by atoms with Crippen molar-refractivity contribution in [2.45, 2.75) is 31.3 Å². The van der Waals surface area contributed by atoms with Gasteiger partial charge in [0, 0.05) is 0 Å². The Balaban J connectivity index is 2.51. The van der Waals surface area contributed by atoms with Crippen LogP contribution in [-0.4, -0.2) is 17.7 Å². The zero-order chi connectivity index (χ0) is 13.9. The van der Waals surface area contributed by atoms with Crippen molar-refractivity contribution in [1.82, 2.24) is 0 Å². The maximum atomic E-state index is 2.36. The third-order valence-electron chi connectivity index (χ3n) is 3.71. The van der Waals surface area contributed by atoms with Gasteiger partial charge in [-0.15, -0.1) is 0 Å². The van der Waals surface area contributed by atoms with Crippen LogP contribution >= 0.6 is 0 Å². The molecule has 0 heterocycles. The van der Waals surface area contributed by atoms with Crippen LogP contribution in [0.5, 0.6) is 0 Å². The topological polar surface area (TPSA) is 0 Å². The zero-order valence-corrected chi connectivity index (χ0v) is 12.5. The normalized spacial score (nSPS) is 12.5. The molecular formula is C18H21Li. The predicted octanol–water partition coefficient (Wildman–Crippen LogP) is 4.53. The van der Waals surface area contributed by atoms with E-state index < -0.39 is 0 Å². The van der Waals surface area contributed by atoms with Crippen molar-refractivity contribution in [3.8, 4) is 0 Å². The van der Waals surface area contributed by atoms with Crippen molar-refractivity contribution in [3.05, 3.63) is 71.8 Å². The summed E-state index contributed by atoms with van der Waals surface area (Å²) in [6.07, 6.45) is 1.13. The van der Waals surface area contributed by atoms with E-state index in [0.29, 0.717) is 5.41 Å². The summed E-state index contributed by atoms with van der Waals surface area (Å²) in [7, 11) is 0. The molecule has 0 fully saturated rings. The summed E-state index contributed by atoms with van der Waals surface area (Å²) in [4.78, 5) is 0. The van der Waals surface area contributed by atoms with Crippen molar-refractivity contribution in [2.75, 3.05) is 0 Å². The second kappa shape index (κ2) is 5.57. The Morgan fingerprint density at radius 2 is 1.11 bits per heavy atom. The second-order valence-corrected chi connectivity index (χ2v) is 6.80. The second-order valence-electron chi connectivity index (χ2n) is 6.80. The summed E-state index contributed by atoms with van der Waals surface area (Å²) in [6.45, 7) is 6.95. The molecule has 94 valence electrons. The predicted molar refractivity (Wildman–Crippen MR) is 83.5 cm³/mol. The standard InChI is InChI=1S/C18H21.Li/c1-18(2,3)14-17(15-10-6-4-7-11-15)16-12-8-5-9-13-16;/h4-13H,14H2,1-3H3;. The van der Waals surface area contributed by atoms with Gasteiger partial charge in [-0.25, -0.2) is 0 Å². The van der Waals surface area contributed by atoms with Gasteiger partial charge in [-0.3, -0.25) is 0 Å². The molecule has 0 nitrogen and oxygen atoms in total. The Labute approximate surface area is 126 Å². The van der Waals surface area contributed by atoms with Gasteiger partial charge in [-0.2, -0.15) is 0 Å². The van der Waals surface area contributed by atoms with Crippen LogP contribution in [0.25, 0.3) is 0 Å². The Bertz CT molecular complexity index is 469. The maximum absolute atomic E-state index is 2.36. The Kier molecular flexibility index (Phi) is 4.24. The van der Waals surface area contributed by atoms with Gasteiger partial charge < -0.3 is 0 Å². The number of hydrogen-bond donors (Lipinski definition) is 0. The minimum absolute atomic E-state index is 0.0702. The van der Waals surface area contributed by atoms with Crippen LogP contribution in [0.4, 0.5) is 0 Å². The van der Waals surface area contributed by atoms with Crippen molar-refractivity contribution >= 4 is 17.7 Å². The summed E-state index contributed by atoms with van der Waals surface area (Å²) >= 11 is 2.36. The third kappa shape index (κ3) is 3.53. The van der Waals surface area contributed by atoms with Gasteiger partial charge in [0.1, 0.15) is 0 Å². The SMILES string of the molecule is [Li][C](CC(C)(C)C)(c1ccccc1)c1ccccc1. The van der Waals surface area contributed by atoms with E-state index in [-0.39, 0.29) is 4.09 Å². The molecule has 19 heavy (non-hydrogen) atoms. The first kappa shape index (κ1) is 14.4. The molecule has 0 amide bonds. The first-order chi connectivity index (χ1) is 8.92. The molecule has 0 bridgehead atoms. The fourth-order valence-corrected chi connectivity index (χ4v) is 3.04. The molecule has 0 aliphatic carbocycles. The van der Waals surface area contributed by atoms with Crippen LogP contribution in [-0.2, 0) is 4.09 Å². The van der Waals surface area contributed by atoms with E-state index in [4.69, 9.17) is 0 Å². The fourth-order valence-electron chi connectivity index (χ4n) is 3.04. The van der Waals surface area contributed by atoms with E-state index in [1.807, 2.05) is 0 Å². The van der Waals surface area contributed by atoms with Gasteiger partial charge in [0.05, 0.1) is 0 Å². The summed E-state index contributed by atoms with van der Waals surface area (Å²) in [5, 5.41) is 0. The first-order valence-electron chi connectivity index (χ1n) is 7.03. The molecule has 0 saturated carbocycles. The molecule has 2 rings (SSSR count). The van der Waals surface area contributed by atoms with Crippen LogP contribution in [0.1, 0.15) is 38.3 Å². The van der Waals surface area contributed by atoms with E-state index in [1.165, 1.54) is 11.1 Å². The Hall–Kier alpha value is -0.963. The number of hydrogen-bond acceptors (Lipinski definition) is 0. The molecule has 0 atom stereocenters.